The minimum atomic E-state index is 0.615. The molecule has 4 aromatic heterocycles. The van der Waals surface area contributed by atoms with Crippen molar-refractivity contribution in [2.24, 2.45) is 0 Å². The summed E-state index contributed by atoms with van der Waals surface area (Å²) in [4.78, 5) is 14.6. The standard InChI is InChI=1S/C37H22N4O2/c1-3-11-23(12-4-1)35-38-36(24-13-5-2-6-14-24)40-37(39-35)25-19-21-26(22-20-25)41-31-27-15-7-9-17-29(27)42-33(31)34-32(41)28-16-8-10-18-30(28)43-34/h1-22H. The molecule has 5 aromatic carbocycles. The summed E-state index contributed by atoms with van der Waals surface area (Å²) in [7, 11) is 0. The van der Waals surface area contributed by atoms with Crippen molar-refractivity contribution in [1.29, 1.82) is 0 Å². The molecule has 6 heteroatoms. The maximum atomic E-state index is 6.36. The number of benzene rings is 5. The van der Waals surface area contributed by atoms with Gasteiger partial charge in [-0.25, -0.2) is 15.0 Å². The van der Waals surface area contributed by atoms with Crippen LogP contribution in [0, 0.1) is 0 Å². The number of rotatable bonds is 4. The summed E-state index contributed by atoms with van der Waals surface area (Å²) in [6, 6.07) is 44.6. The van der Waals surface area contributed by atoms with Gasteiger partial charge in [0, 0.05) is 33.2 Å². The Morgan fingerprint density at radius 2 is 0.791 bits per heavy atom. The van der Waals surface area contributed by atoms with Gasteiger partial charge in [0.1, 0.15) is 22.2 Å². The molecule has 0 unspecified atom stereocenters. The van der Waals surface area contributed by atoms with Crippen molar-refractivity contribution in [3.8, 4) is 39.9 Å². The number of furan rings is 2. The zero-order valence-corrected chi connectivity index (χ0v) is 22.8. The van der Waals surface area contributed by atoms with Crippen LogP contribution in [-0.4, -0.2) is 19.5 Å². The first-order chi connectivity index (χ1) is 21.3. The molecular weight excluding hydrogens is 532 g/mol. The van der Waals surface area contributed by atoms with Gasteiger partial charge in [-0.2, -0.15) is 0 Å². The third-order valence-corrected chi connectivity index (χ3v) is 7.88. The van der Waals surface area contributed by atoms with Gasteiger partial charge in [0.25, 0.3) is 0 Å². The van der Waals surface area contributed by atoms with E-state index in [1.165, 1.54) is 0 Å². The highest BCUT2D eigenvalue weighted by atomic mass is 16.4. The number of hydrogen-bond donors (Lipinski definition) is 0. The number of nitrogens with zero attached hydrogens (tertiary/aromatic N) is 4. The van der Waals surface area contributed by atoms with Crippen LogP contribution in [0.25, 0.3) is 84.0 Å². The second-order valence-corrected chi connectivity index (χ2v) is 10.5. The Bertz CT molecular complexity index is 2290. The van der Waals surface area contributed by atoms with Crippen LogP contribution in [0.5, 0.6) is 0 Å². The van der Waals surface area contributed by atoms with E-state index in [4.69, 9.17) is 23.8 Å². The Hall–Kier alpha value is -6.01. The lowest BCUT2D eigenvalue weighted by molar-refractivity contribution is 0.634. The van der Waals surface area contributed by atoms with Crippen molar-refractivity contribution in [3.63, 3.8) is 0 Å². The second-order valence-electron chi connectivity index (χ2n) is 10.5. The monoisotopic (exact) mass is 554 g/mol. The Labute approximate surface area is 245 Å². The number of fused-ring (bicyclic) bond motifs is 7. The summed E-state index contributed by atoms with van der Waals surface area (Å²) in [6.45, 7) is 0. The average Bonchev–Trinajstić information content (AvgIpc) is 3.74. The molecule has 9 aromatic rings. The smallest absolute Gasteiger partial charge is 0.196 e. The maximum absolute atomic E-state index is 6.36. The molecule has 6 nitrogen and oxygen atoms in total. The van der Waals surface area contributed by atoms with Crippen LogP contribution < -0.4 is 0 Å². The molecule has 0 N–H and O–H groups in total. The quantitative estimate of drug-likeness (QED) is 0.217. The van der Waals surface area contributed by atoms with Crippen molar-refractivity contribution >= 4 is 44.1 Å². The van der Waals surface area contributed by atoms with E-state index < -0.39 is 0 Å². The fraction of sp³-hybridized carbons (Fsp3) is 0. The molecule has 0 bridgehead atoms. The largest absolute Gasteiger partial charge is 0.450 e. The van der Waals surface area contributed by atoms with Gasteiger partial charge >= 0.3 is 0 Å². The summed E-state index contributed by atoms with van der Waals surface area (Å²) in [5.41, 5.74) is 8.88. The third-order valence-electron chi connectivity index (χ3n) is 7.88. The fourth-order valence-corrected chi connectivity index (χ4v) is 5.88. The predicted octanol–water partition coefficient (Wildman–Crippen LogP) is 9.46. The third kappa shape index (κ3) is 3.70. The van der Waals surface area contributed by atoms with E-state index in [1.54, 1.807) is 0 Å². The van der Waals surface area contributed by atoms with Crippen molar-refractivity contribution in [2.75, 3.05) is 0 Å². The molecule has 43 heavy (non-hydrogen) atoms. The normalized spacial score (nSPS) is 11.7. The summed E-state index contributed by atoms with van der Waals surface area (Å²) in [5, 5.41) is 2.07. The maximum Gasteiger partial charge on any atom is 0.196 e. The van der Waals surface area contributed by atoms with E-state index >= 15 is 0 Å². The van der Waals surface area contributed by atoms with Crippen LogP contribution in [0.15, 0.2) is 142 Å². The molecule has 0 saturated carbocycles. The number of hydrogen-bond acceptors (Lipinski definition) is 5. The molecule has 0 aliphatic carbocycles. The van der Waals surface area contributed by atoms with Crippen LogP contribution >= 0.6 is 0 Å². The van der Waals surface area contributed by atoms with Gasteiger partial charge in [0.05, 0.1) is 0 Å². The van der Waals surface area contributed by atoms with Gasteiger partial charge in [-0.15, -0.1) is 0 Å². The Morgan fingerprint density at radius 3 is 1.26 bits per heavy atom. The van der Waals surface area contributed by atoms with E-state index in [1.807, 2.05) is 97.1 Å². The predicted molar refractivity (Wildman–Crippen MR) is 170 cm³/mol. The van der Waals surface area contributed by atoms with E-state index in [-0.39, 0.29) is 0 Å². The van der Waals surface area contributed by atoms with Crippen LogP contribution in [0.2, 0.25) is 0 Å². The van der Waals surface area contributed by atoms with Crippen molar-refractivity contribution in [1.82, 2.24) is 19.5 Å². The fourth-order valence-electron chi connectivity index (χ4n) is 5.88. The Morgan fingerprint density at radius 1 is 0.395 bits per heavy atom. The van der Waals surface area contributed by atoms with Gasteiger partial charge < -0.3 is 13.4 Å². The lowest BCUT2D eigenvalue weighted by Crippen LogP contribution is -2.00. The van der Waals surface area contributed by atoms with Gasteiger partial charge in [0.15, 0.2) is 28.6 Å². The minimum Gasteiger partial charge on any atom is -0.450 e. The first kappa shape index (κ1) is 23.7. The van der Waals surface area contributed by atoms with Gasteiger partial charge in [-0.05, 0) is 48.5 Å². The second kappa shape index (κ2) is 9.26. The first-order valence-corrected chi connectivity index (χ1v) is 14.1. The lowest BCUT2D eigenvalue weighted by Gasteiger charge is -2.10. The van der Waals surface area contributed by atoms with Crippen LogP contribution in [0.1, 0.15) is 0 Å². The lowest BCUT2D eigenvalue weighted by atomic mass is 10.1. The molecule has 202 valence electrons. The zero-order chi connectivity index (χ0) is 28.3. The highest BCUT2D eigenvalue weighted by molar-refractivity contribution is 6.20. The highest BCUT2D eigenvalue weighted by Gasteiger charge is 2.24. The van der Waals surface area contributed by atoms with Crippen LogP contribution in [0.4, 0.5) is 0 Å². The van der Waals surface area contributed by atoms with Crippen LogP contribution in [-0.2, 0) is 0 Å². The Kier molecular flexibility index (Phi) is 5.10. The molecule has 0 spiro atoms. The number of para-hydroxylation sites is 2. The van der Waals surface area contributed by atoms with Gasteiger partial charge in [0.2, 0.25) is 0 Å². The zero-order valence-electron chi connectivity index (χ0n) is 22.8. The van der Waals surface area contributed by atoms with Gasteiger partial charge in [-0.1, -0.05) is 84.9 Å². The van der Waals surface area contributed by atoms with E-state index in [9.17, 15) is 0 Å². The van der Waals surface area contributed by atoms with Crippen LogP contribution in [0.3, 0.4) is 0 Å². The molecule has 0 aliphatic heterocycles. The summed E-state index contributed by atoms with van der Waals surface area (Å²) >= 11 is 0. The molecule has 0 saturated heterocycles. The molecular formula is C37H22N4O2. The average molecular weight is 555 g/mol. The van der Waals surface area contributed by atoms with E-state index in [2.05, 4.69) is 41.0 Å². The molecule has 0 atom stereocenters. The number of aromatic nitrogens is 4. The van der Waals surface area contributed by atoms with Gasteiger partial charge in [-0.3, -0.25) is 0 Å². The van der Waals surface area contributed by atoms with Crippen molar-refractivity contribution < 1.29 is 8.83 Å². The molecule has 9 rings (SSSR count). The molecule has 0 aliphatic rings. The topological polar surface area (TPSA) is 69.9 Å². The van der Waals surface area contributed by atoms with Crippen molar-refractivity contribution in [3.05, 3.63) is 133 Å². The molecule has 0 fully saturated rings. The minimum absolute atomic E-state index is 0.615. The summed E-state index contributed by atoms with van der Waals surface area (Å²) in [6.07, 6.45) is 0. The van der Waals surface area contributed by atoms with Crippen molar-refractivity contribution in [2.45, 2.75) is 0 Å². The first-order valence-electron chi connectivity index (χ1n) is 14.1. The van der Waals surface area contributed by atoms with E-state index in [0.717, 1.165) is 66.5 Å². The molecule has 0 radical (unpaired) electrons. The summed E-state index contributed by atoms with van der Waals surface area (Å²) in [5.74, 6) is 1.89. The van der Waals surface area contributed by atoms with E-state index in [0.29, 0.717) is 17.5 Å². The highest BCUT2D eigenvalue weighted by Crippen LogP contribution is 2.43. The molecule has 4 heterocycles. The Balaban J connectivity index is 1.24. The SMILES string of the molecule is c1ccc(-c2nc(-c3ccccc3)nc(-c3ccc(-n4c5c6ccccc6oc5c5oc6ccccc6c54)cc3)n2)cc1. The summed E-state index contributed by atoms with van der Waals surface area (Å²) < 4.78 is 15.0. The molecule has 0 amide bonds.